The van der Waals surface area contributed by atoms with Crippen LogP contribution in [0.25, 0.3) is 11.2 Å². The highest BCUT2D eigenvalue weighted by molar-refractivity contribution is 5.65. The van der Waals surface area contributed by atoms with Crippen molar-refractivity contribution in [2.24, 2.45) is 5.92 Å². The molecule has 0 unspecified atom stereocenters. The largest absolute Gasteiger partial charge is 0.355 e. The normalized spacial score (nSPS) is 11.4. The van der Waals surface area contributed by atoms with Crippen LogP contribution in [-0.2, 0) is 6.54 Å². The van der Waals surface area contributed by atoms with Crippen LogP contribution in [0.15, 0.2) is 11.1 Å². The van der Waals surface area contributed by atoms with Crippen LogP contribution < -0.4 is 15.9 Å². The van der Waals surface area contributed by atoms with Gasteiger partial charge >= 0.3 is 5.65 Å². The molecule has 2 aromatic heterocycles. The van der Waals surface area contributed by atoms with E-state index in [2.05, 4.69) is 28.8 Å². The second-order valence-corrected chi connectivity index (χ2v) is 3.97. The van der Waals surface area contributed by atoms with Gasteiger partial charge in [0.1, 0.15) is 0 Å². The molecular formula is C9H14N5O+. The van der Waals surface area contributed by atoms with Gasteiger partial charge in [0.15, 0.2) is 6.33 Å². The summed E-state index contributed by atoms with van der Waals surface area (Å²) < 4.78 is 1.89. The molecule has 0 saturated heterocycles. The van der Waals surface area contributed by atoms with Crippen molar-refractivity contribution in [3.63, 3.8) is 0 Å². The lowest BCUT2D eigenvalue weighted by Crippen LogP contribution is -2.35. The predicted molar refractivity (Wildman–Crippen MR) is 56.2 cm³/mol. The topological polar surface area (TPSA) is 91.4 Å². The molecule has 0 spiro atoms. The van der Waals surface area contributed by atoms with Crippen LogP contribution >= 0.6 is 0 Å². The number of nitrogens with two attached hydrogens (primary N) is 1. The van der Waals surface area contributed by atoms with E-state index in [9.17, 15) is 4.79 Å². The van der Waals surface area contributed by atoms with Gasteiger partial charge in [-0.15, -0.1) is 0 Å². The fourth-order valence-electron chi connectivity index (χ4n) is 1.55. The third-order valence-electron chi connectivity index (χ3n) is 2.12. The summed E-state index contributed by atoms with van der Waals surface area (Å²) in [5.74, 6) is 0.626. The fraction of sp³-hybridized carbons (Fsp3) is 0.444. The Morgan fingerprint density at radius 3 is 3.00 bits per heavy atom. The highest BCUT2D eigenvalue weighted by Gasteiger charge is 2.16. The zero-order valence-electron chi connectivity index (χ0n) is 8.74. The lowest BCUT2D eigenvalue weighted by Gasteiger charge is -2.00. The molecule has 6 heteroatoms. The summed E-state index contributed by atoms with van der Waals surface area (Å²) in [7, 11) is 0. The zero-order chi connectivity index (χ0) is 11.0. The van der Waals surface area contributed by atoms with E-state index >= 15 is 0 Å². The average Bonchev–Trinajstić information content (AvgIpc) is 2.48. The molecule has 2 rings (SSSR count). The van der Waals surface area contributed by atoms with Crippen molar-refractivity contribution >= 4 is 17.1 Å². The first kappa shape index (κ1) is 9.70. The van der Waals surface area contributed by atoms with Crippen molar-refractivity contribution in [2.45, 2.75) is 20.4 Å². The minimum absolute atomic E-state index is 0.143. The molecule has 0 amide bonds. The van der Waals surface area contributed by atoms with Gasteiger partial charge in [-0.25, -0.2) is 4.57 Å². The second kappa shape index (κ2) is 3.38. The molecule has 15 heavy (non-hydrogen) atoms. The van der Waals surface area contributed by atoms with Crippen LogP contribution in [-0.4, -0.2) is 15.0 Å². The van der Waals surface area contributed by atoms with Crippen molar-refractivity contribution < 1.29 is 4.57 Å². The van der Waals surface area contributed by atoms with Crippen molar-refractivity contribution in [1.82, 2.24) is 15.0 Å². The quantitative estimate of drug-likeness (QED) is 0.596. The van der Waals surface area contributed by atoms with Crippen LogP contribution in [0.2, 0.25) is 0 Å². The lowest BCUT2D eigenvalue weighted by molar-refractivity contribution is -0.678. The maximum atomic E-state index is 11.5. The van der Waals surface area contributed by atoms with Crippen molar-refractivity contribution in [1.29, 1.82) is 0 Å². The minimum atomic E-state index is -0.236. The Hall–Kier alpha value is -1.85. The molecule has 0 saturated carbocycles. The molecule has 0 aliphatic carbocycles. The number of nitrogens with one attached hydrogen (secondary N) is 2. The lowest BCUT2D eigenvalue weighted by atomic mass is 10.2. The van der Waals surface area contributed by atoms with Crippen LogP contribution in [0.1, 0.15) is 13.8 Å². The van der Waals surface area contributed by atoms with E-state index in [0.29, 0.717) is 17.1 Å². The molecule has 80 valence electrons. The molecule has 0 aromatic carbocycles. The number of hydrogen-bond acceptors (Lipinski definition) is 3. The molecule has 2 heterocycles. The summed E-state index contributed by atoms with van der Waals surface area (Å²) in [6, 6.07) is 0. The predicted octanol–water partition coefficient (Wildman–Crippen LogP) is -0.223. The van der Waals surface area contributed by atoms with E-state index in [0.717, 1.165) is 6.54 Å². The smallest absolute Gasteiger partial charge is 0.311 e. The number of H-pyrrole nitrogens is 2. The maximum absolute atomic E-state index is 11.5. The van der Waals surface area contributed by atoms with Gasteiger partial charge < -0.3 is 5.73 Å². The summed E-state index contributed by atoms with van der Waals surface area (Å²) in [6.07, 6.45) is 1.74. The number of aromatic nitrogens is 4. The Bertz CT molecular complexity index is 539. The molecule has 2 aromatic rings. The number of aromatic amines is 2. The average molecular weight is 208 g/mol. The SMILES string of the molecule is CC(C)C[n+]1c[nH]c2c(=O)[nH]c(N)nc21. The van der Waals surface area contributed by atoms with Gasteiger partial charge in [0.25, 0.3) is 11.5 Å². The molecule has 0 bridgehead atoms. The number of fused-ring (bicyclic) bond motifs is 1. The van der Waals surface area contributed by atoms with Crippen molar-refractivity contribution in [3.05, 3.63) is 16.7 Å². The fourth-order valence-corrected chi connectivity index (χ4v) is 1.55. The Kier molecular flexibility index (Phi) is 2.18. The van der Waals surface area contributed by atoms with E-state index in [4.69, 9.17) is 5.73 Å². The molecule has 0 atom stereocenters. The molecule has 6 nitrogen and oxygen atoms in total. The number of hydrogen-bond donors (Lipinski definition) is 3. The van der Waals surface area contributed by atoms with Crippen LogP contribution in [0.3, 0.4) is 0 Å². The van der Waals surface area contributed by atoms with Crippen molar-refractivity contribution in [2.75, 3.05) is 5.73 Å². The standard InChI is InChI=1S/C9H13N5O/c1-5(2)3-14-4-11-6-7(14)12-9(10)13-8(6)15/h4-5H,3H2,1-2H3,(H3,10,12,13,15)/p+1. The van der Waals surface area contributed by atoms with Crippen LogP contribution in [0.5, 0.6) is 0 Å². The third-order valence-corrected chi connectivity index (χ3v) is 2.12. The summed E-state index contributed by atoms with van der Waals surface area (Å²) in [5.41, 5.74) is 6.32. The van der Waals surface area contributed by atoms with E-state index in [-0.39, 0.29) is 11.5 Å². The highest BCUT2D eigenvalue weighted by Crippen LogP contribution is 2.00. The third kappa shape index (κ3) is 1.70. The van der Waals surface area contributed by atoms with E-state index < -0.39 is 0 Å². The first-order valence-corrected chi connectivity index (χ1v) is 4.84. The molecule has 0 aliphatic rings. The summed E-state index contributed by atoms with van der Waals surface area (Å²) in [5, 5.41) is 0. The number of nitrogen functional groups attached to an aromatic ring is 1. The Labute approximate surface area is 86.2 Å². The van der Waals surface area contributed by atoms with Crippen LogP contribution in [0.4, 0.5) is 5.95 Å². The second-order valence-electron chi connectivity index (χ2n) is 3.97. The summed E-state index contributed by atoms with van der Waals surface area (Å²) in [6.45, 7) is 5.00. The Morgan fingerprint density at radius 1 is 1.60 bits per heavy atom. The first-order chi connectivity index (χ1) is 7.08. The van der Waals surface area contributed by atoms with Gasteiger partial charge in [-0.2, -0.15) is 0 Å². The molecule has 0 fully saturated rings. The number of anilines is 1. The van der Waals surface area contributed by atoms with Gasteiger partial charge in [0.05, 0.1) is 6.54 Å². The molecular weight excluding hydrogens is 194 g/mol. The Balaban J connectivity index is 2.63. The van der Waals surface area contributed by atoms with Gasteiger partial charge in [-0.1, -0.05) is 18.8 Å². The van der Waals surface area contributed by atoms with E-state index in [1.54, 1.807) is 6.33 Å². The van der Waals surface area contributed by atoms with Crippen LogP contribution in [0, 0.1) is 5.92 Å². The monoisotopic (exact) mass is 208 g/mol. The van der Waals surface area contributed by atoms with Gasteiger partial charge in [0, 0.05) is 0 Å². The maximum Gasteiger partial charge on any atom is 0.311 e. The summed E-state index contributed by atoms with van der Waals surface area (Å²) in [4.78, 5) is 20.9. The van der Waals surface area contributed by atoms with Gasteiger partial charge in [-0.3, -0.25) is 14.8 Å². The van der Waals surface area contributed by atoms with Gasteiger partial charge in [-0.05, 0) is 5.92 Å². The number of nitrogens with zero attached hydrogens (tertiary/aromatic N) is 2. The zero-order valence-corrected chi connectivity index (χ0v) is 8.74. The molecule has 4 N–H and O–H groups in total. The van der Waals surface area contributed by atoms with E-state index in [1.165, 1.54) is 0 Å². The van der Waals surface area contributed by atoms with Gasteiger partial charge in [0.2, 0.25) is 5.52 Å². The van der Waals surface area contributed by atoms with E-state index in [1.807, 2.05) is 4.57 Å². The van der Waals surface area contributed by atoms with Crippen molar-refractivity contribution in [3.8, 4) is 0 Å². The molecule has 0 radical (unpaired) electrons. The first-order valence-electron chi connectivity index (χ1n) is 4.84. The minimum Gasteiger partial charge on any atom is -0.355 e. The number of rotatable bonds is 2. The Morgan fingerprint density at radius 2 is 2.33 bits per heavy atom. The summed E-state index contributed by atoms with van der Waals surface area (Å²) >= 11 is 0. The molecule has 0 aliphatic heterocycles. The highest BCUT2D eigenvalue weighted by atomic mass is 16.1. The number of imidazole rings is 1.